The molecule has 2 aromatic carbocycles. The van der Waals surface area contributed by atoms with E-state index in [0.717, 1.165) is 11.1 Å². The molecule has 4 amide bonds. The summed E-state index contributed by atoms with van der Waals surface area (Å²) < 4.78 is 16.3. The van der Waals surface area contributed by atoms with Crippen molar-refractivity contribution < 1.29 is 33.4 Å². The number of likely N-dealkylation sites (tertiary alicyclic amines) is 1. The Labute approximate surface area is 260 Å². The first kappa shape index (κ1) is 34.2. The zero-order chi connectivity index (χ0) is 32.3. The van der Waals surface area contributed by atoms with Crippen LogP contribution < -0.4 is 16.0 Å². The van der Waals surface area contributed by atoms with Crippen LogP contribution in [0.5, 0.6) is 0 Å². The van der Waals surface area contributed by atoms with Crippen LogP contribution in [-0.2, 0) is 32.0 Å². The van der Waals surface area contributed by atoms with Crippen LogP contribution in [0.4, 0.5) is 14.4 Å². The summed E-state index contributed by atoms with van der Waals surface area (Å²) >= 11 is 0. The molecule has 3 rings (SSSR count). The number of carbonyl (C=O) groups excluding carboxylic acids is 4. The van der Waals surface area contributed by atoms with E-state index in [1.165, 1.54) is 4.90 Å². The molecular weight excluding hydrogens is 564 g/mol. The maximum absolute atomic E-state index is 13.5. The van der Waals surface area contributed by atoms with Crippen molar-refractivity contribution in [2.24, 2.45) is 0 Å². The molecule has 1 aliphatic rings. The van der Waals surface area contributed by atoms with E-state index >= 15 is 0 Å². The predicted molar refractivity (Wildman–Crippen MR) is 166 cm³/mol. The van der Waals surface area contributed by atoms with Crippen molar-refractivity contribution in [3.63, 3.8) is 0 Å². The van der Waals surface area contributed by atoms with E-state index in [9.17, 15) is 19.2 Å². The molecule has 0 bridgehead atoms. The number of alkyl carbamates (subject to hydrolysis) is 2. The summed E-state index contributed by atoms with van der Waals surface area (Å²) in [5.41, 5.74) is 0.450. The predicted octanol–water partition coefficient (Wildman–Crippen LogP) is 4.93. The van der Waals surface area contributed by atoms with Gasteiger partial charge in [0, 0.05) is 19.1 Å². The molecule has 240 valence electrons. The number of benzene rings is 2. The quantitative estimate of drug-likeness (QED) is 0.325. The molecule has 0 unspecified atom stereocenters. The van der Waals surface area contributed by atoms with E-state index < -0.39 is 53.5 Å². The highest BCUT2D eigenvalue weighted by Crippen LogP contribution is 2.20. The molecule has 11 nitrogen and oxygen atoms in total. The van der Waals surface area contributed by atoms with Gasteiger partial charge < -0.3 is 35.1 Å². The molecule has 3 atom stereocenters. The van der Waals surface area contributed by atoms with Gasteiger partial charge in [-0.3, -0.25) is 4.79 Å². The maximum atomic E-state index is 13.5. The van der Waals surface area contributed by atoms with Crippen LogP contribution in [0.25, 0.3) is 0 Å². The Morgan fingerprint density at radius 1 is 0.841 bits per heavy atom. The number of aryl methyl sites for hydroxylation is 1. The van der Waals surface area contributed by atoms with Crippen molar-refractivity contribution in [3.8, 4) is 0 Å². The van der Waals surface area contributed by atoms with Crippen molar-refractivity contribution in [1.29, 1.82) is 0 Å². The summed E-state index contributed by atoms with van der Waals surface area (Å²) in [5.74, 6) is -0.393. The third-order valence-corrected chi connectivity index (χ3v) is 6.65. The molecule has 1 saturated heterocycles. The standard InChI is InChI=1S/C33H46N4O7/c1-32(2,3)43-29(39)34-20-26-19-25(21-37(26)31(41)42-22-24-15-11-8-12-16-24)35-28(38)27(36-30(40)44-33(4,5)6)18-17-23-13-9-7-10-14-23/h7-16,25-27H,17-22H2,1-6H3,(H,34,39)(H,35,38)(H,36,40)/t25-,26-,27-/m0/s1. The second kappa shape index (κ2) is 15.4. The molecule has 1 aliphatic heterocycles. The van der Waals surface area contributed by atoms with Crippen molar-refractivity contribution in [3.05, 3.63) is 71.8 Å². The fraction of sp³-hybridized carbons (Fsp3) is 0.515. The largest absolute Gasteiger partial charge is 0.445 e. The smallest absolute Gasteiger partial charge is 0.410 e. The van der Waals surface area contributed by atoms with Gasteiger partial charge in [-0.05, 0) is 71.9 Å². The van der Waals surface area contributed by atoms with Gasteiger partial charge >= 0.3 is 18.3 Å². The molecule has 0 aliphatic carbocycles. The molecular formula is C33H46N4O7. The van der Waals surface area contributed by atoms with E-state index in [1.54, 1.807) is 41.5 Å². The van der Waals surface area contributed by atoms with Crippen molar-refractivity contribution in [2.75, 3.05) is 13.1 Å². The number of nitrogens with zero attached hydrogens (tertiary/aromatic N) is 1. The van der Waals surface area contributed by atoms with E-state index in [0.29, 0.717) is 19.3 Å². The van der Waals surface area contributed by atoms with Crippen LogP contribution in [0.2, 0.25) is 0 Å². The molecule has 11 heteroatoms. The van der Waals surface area contributed by atoms with Crippen LogP contribution in [0.1, 0.15) is 65.5 Å². The van der Waals surface area contributed by atoms with Crippen LogP contribution >= 0.6 is 0 Å². The normalized spacial score (nSPS) is 17.3. The Bertz CT molecular complexity index is 1240. The van der Waals surface area contributed by atoms with Crippen LogP contribution in [0, 0.1) is 0 Å². The van der Waals surface area contributed by atoms with Crippen LogP contribution in [0.15, 0.2) is 60.7 Å². The Kier molecular flexibility index (Phi) is 12.0. The molecule has 0 spiro atoms. The van der Waals surface area contributed by atoms with Gasteiger partial charge in [-0.25, -0.2) is 14.4 Å². The van der Waals surface area contributed by atoms with Crippen molar-refractivity contribution in [1.82, 2.24) is 20.9 Å². The van der Waals surface area contributed by atoms with E-state index in [4.69, 9.17) is 14.2 Å². The van der Waals surface area contributed by atoms with Gasteiger partial charge in [-0.15, -0.1) is 0 Å². The third-order valence-electron chi connectivity index (χ3n) is 6.65. The number of amides is 4. The Balaban J connectivity index is 1.69. The van der Waals surface area contributed by atoms with Gasteiger partial charge in [0.05, 0.1) is 6.04 Å². The Hall–Kier alpha value is -4.28. The molecule has 1 fully saturated rings. The molecule has 0 saturated carbocycles. The first-order chi connectivity index (χ1) is 20.7. The summed E-state index contributed by atoms with van der Waals surface area (Å²) in [7, 11) is 0. The summed E-state index contributed by atoms with van der Waals surface area (Å²) in [6.45, 7) is 10.9. The minimum Gasteiger partial charge on any atom is -0.445 e. The number of ether oxygens (including phenoxy) is 3. The van der Waals surface area contributed by atoms with Gasteiger partial charge in [-0.2, -0.15) is 0 Å². The molecule has 0 aromatic heterocycles. The highest BCUT2D eigenvalue weighted by atomic mass is 16.6. The highest BCUT2D eigenvalue weighted by molar-refractivity contribution is 5.86. The maximum Gasteiger partial charge on any atom is 0.410 e. The lowest BCUT2D eigenvalue weighted by molar-refractivity contribution is -0.124. The molecule has 44 heavy (non-hydrogen) atoms. The number of rotatable bonds is 10. The second-order valence-corrected chi connectivity index (χ2v) is 12.9. The number of hydrogen-bond donors (Lipinski definition) is 3. The van der Waals surface area contributed by atoms with E-state index in [1.807, 2.05) is 60.7 Å². The average Bonchev–Trinajstić information content (AvgIpc) is 3.34. The zero-order valence-corrected chi connectivity index (χ0v) is 26.6. The first-order valence-corrected chi connectivity index (χ1v) is 15.0. The number of nitrogens with one attached hydrogen (secondary N) is 3. The fourth-order valence-electron chi connectivity index (χ4n) is 4.73. The molecule has 3 N–H and O–H groups in total. The Morgan fingerprint density at radius 3 is 2.00 bits per heavy atom. The lowest BCUT2D eigenvalue weighted by Gasteiger charge is -2.25. The van der Waals surface area contributed by atoms with Gasteiger partial charge in [-0.1, -0.05) is 60.7 Å². The minimum atomic E-state index is -0.873. The monoisotopic (exact) mass is 610 g/mol. The minimum absolute atomic E-state index is 0.0841. The summed E-state index contributed by atoms with van der Waals surface area (Å²) in [6.07, 6.45) is -0.602. The highest BCUT2D eigenvalue weighted by Gasteiger charge is 2.38. The fourth-order valence-corrected chi connectivity index (χ4v) is 4.73. The SMILES string of the molecule is CC(C)(C)OC(=O)NC[C@@H]1C[C@H](NC(=O)[C@H](CCc2ccccc2)NC(=O)OC(C)(C)C)CN1C(=O)OCc1ccccc1. The first-order valence-electron chi connectivity index (χ1n) is 15.0. The van der Waals surface area contributed by atoms with Gasteiger partial charge in [0.1, 0.15) is 23.9 Å². The second-order valence-electron chi connectivity index (χ2n) is 12.9. The van der Waals surface area contributed by atoms with Gasteiger partial charge in [0.15, 0.2) is 0 Å². The number of carbonyl (C=O) groups is 4. The summed E-state index contributed by atoms with van der Waals surface area (Å²) in [6, 6.07) is 17.2. The van der Waals surface area contributed by atoms with E-state index in [2.05, 4.69) is 16.0 Å². The lowest BCUT2D eigenvalue weighted by Crippen LogP contribution is -2.51. The van der Waals surface area contributed by atoms with Crippen molar-refractivity contribution in [2.45, 2.75) is 96.7 Å². The summed E-state index contributed by atoms with van der Waals surface area (Å²) in [4.78, 5) is 53.2. The van der Waals surface area contributed by atoms with Crippen molar-refractivity contribution >= 4 is 24.2 Å². The molecule has 0 radical (unpaired) electrons. The lowest BCUT2D eigenvalue weighted by atomic mass is 10.0. The third kappa shape index (κ3) is 12.1. The zero-order valence-electron chi connectivity index (χ0n) is 26.6. The molecule has 2 aromatic rings. The topological polar surface area (TPSA) is 135 Å². The van der Waals surface area contributed by atoms with Gasteiger partial charge in [0.25, 0.3) is 0 Å². The van der Waals surface area contributed by atoms with E-state index in [-0.39, 0.29) is 19.7 Å². The van der Waals surface area contributed by atoms with Gasteiger partial charge in [0.2, 0.25) is 5.91 Å². The average molecular weight is 611 g/mol. The summed E-state index contributed by atoms with van der Waals surface area (Å²) in [5, 5.41) is 8.43. The van der Waals surface area contributed by atoms with Crippen LogP contribution in [0.3, 0.4) is 0 Å². The van der Waals surface area contributed by atoms with Crippen LogP contribution in [-0.4, -0.2) is 71.5 Å². The molecule has 1 heterocycles. The Morgan fingerprint density at radius 2 is 1.41 bits per heavy atom. The number of hydrogen-bond acceptors (Lipinski definition) is 7.